The summed E-state index contributed by atoms with van der Waals surface area (Å²) in [5.41, 5.74) is 1.09. The molecule has 21 heavy (non-hydrogen) atoms. The SMILES string of the molecule is CC(CCc1ccc(OC(F)F)cc1)NCC(O)C1CC1. The average molecular weight is 299 g/mol. The average Bonchev–Trinajstić information content (AvgIpc) is 3.28. The Labute approximate surface area is 124 Å². The van der Waals surface area contributed by atoms with Crippen molar-refractivity contribution in [3.8, 4) is 5.75 Å². The highest BCUT2D eigenvalue weighted by molar-refractivity contribution is 5.27. The van der Waals surface area contributed by atoms with Gasteiger partial charge < -0.3 is 15.2 Å². The molecule has 0 radical (unpaired) electrons. The van der Waals surface area contributed by atoms with Gasteiger partial charge in [0.2, 0.25) is 0 Å². The summed E-state index contributed by atoms with van der Waals surface area (Å²) in [4.78, 5) is 0. The molecule has 1 saturated carbocycles. The Hall–Kier alpha value is -1.20. The topological polar surface area (TPSA) is 41.5 Å². The van der Waals surface area contributed by atoms with Gasteiger partial charge in [0, 0.05) is 12.6 Å². The van der Waals surface area contributed by atoms with Gasteiger partial charge >= 0.3 is 6.61 Å². The van der Waals surface area contributed by atoms with Crippen molar-refractivity contribution >= 4 is 0 Å². The van der Waals surface area contributed by atoms with E-state index in [-0.39, 0.29) is 11.9 Å². The van der Waals surface area contributed by atoms with Gasteiger partial charge in [0.25, 0.3) is 0 Å². The van der Waals surface area contributed by atoms with Crippen molar-refractivity contribution in [2.24, 2.45) is 5.92 Å². The summed E-state index contributed by atoms with van der Waals surface area (Å²) in [6.07, 6.45) is 3.86. The predicted octanol–water partition coefficient (Wildman–Crippen LogP) is 2.97. The van der Waals surface area contributed by atoms with Crippen LogP contribution < -0.4 is 10.1 Å². The second kappa shape index (κ2) is 7.71. The Morgan fingerprint density at radius 3 is 2.52 bits per heavy atom. The molecule has 0 bridgehead atoms. The van der Waals surface area contributed by atoms with Gasteiger partial charge in [-0.3, -0.25) is 0 Å². The highest BCUT2D eigenvalue weighted by Crippen LogP contribution is 2.32. The molecule has 2 unspecified atom stereocenters. The largest absolute Gasteiger partial charge is 0.435 e. The molecule has 0 heterocycles. The molecule has 1 fully saturated rings. The van der Waals surface area contributed by atoms with Crippen molar-refractivity contribution < 1.29 is 18.6 Å². The number of alkyl halides is 2. The van der Waals surface area contributed by atoms with Crippen LogP contribution in [0.3, 0.4) is 0 Å². The number of aliphatic hydroxyl groups is 1. The highest BCUT2D eigenvalue weighted by atomic mass is 19.3. The minimum atomic E-state index is -2.78. The van der Waals surface area contributed by atoms with Gasteiger partial charge in [-0.2, -0.15) is 8.78 Å². The van der Waals surface area contributed by atoms with Crippen LogP contribution in [0.15, 0.2) is 24.3 Å². The third-order valence-corrected chi connectivity index (χ3v) is 3.86. The number of hydrogen-bond acceptors (Lipinski definition) is 3. The third-order valence-electron chi connectivity index (χ3n) is 3.86. The number of aryl methyl sites for hydroxylation is 1. The van der Waals surface area contributed by atoms with Crippen molar-refractivity contribution in [1.82, 2.24) is 5.32 Å². The maximum absolute atomic E-state index is 12.0. The van der Waals surface area contributed by atoms with Crippen LogP contribution in [0.25, 0.3) is 0 Å². The molecular formula is C16H23F2NO2. The zero-order valence-corrected chi connectivity index (χ0v) is 12.3. The second-order valence-corrected chi connectivity index (χ2v) is 5.78. The molecule has 2 N–H and O–H groups in total. The zero-order valence-electron chi connectivity index (χ0n) is 12.3. The Kier molecular flexibility index (Phi) is 5.94. The monoisotopic (exact) mass is 299 g/mol. The minimum Gasteiger partial charge on any atom is -0.435 e. The van der Waals surface area contributed by atoms with E-state index in [4.69, 9.17) is 0 Å². The number of nitrogens with one attached hydrogen (secondary N) is 1. The normalized spacial score (nSPS) is 17.8. The van der Waals surface area contributed by atoms with Gasteiger partial charge in [-0.15, -0.1) is 0 Å². The molecule has 0 aromatic heterocycles. The van der Waals surface area contributed by atoms with E-state index in [1.54, 1.807) is 12.1 Å². The Morgan fingerprint density at radius 1 is 1.29 bits per heavy atom. The summed E-state index contributed by atoms with van der Waals surface area (Å²) in [5, 5.41) is 13.1. The van der Waals surface area contributed by atoms with E-state index in [0.717, 1.165) is 31.2 Å². The molecule has 0 amide bonds. The van der Waals surface area contributed by atoms with Crippen molar-refractivity contribution in [1.29, 1.82) is 0 Å². The first-order valence-corrected chi connectivity index (χ1v) is 7.50. The lowest BCUT2D eigenvalue weighted by molar-refractivity contribution is -0.0498. The first-order chi connectivity index (χ1) is 10.0. The van der Waals surface area contributed by atoms with Crippen LogP contribution in [0.4, 0.5) is 8.78 Å². The number of ether oxygens (including phenoxy) is 1. The third kappa shape index (κ3) is 5.98. The van der Waals surface area contributed by atoms with E-state index >= 15 is 0 Å². The zero-order chi connectivity index (χ0) is 15.2. The summed E-state index contributed by atoms with van der Waals surface area (Å²) in [6, 6.07) is 7.07. The van der Waals surface area contributed by atoms with Crippen LogP contribution in [-0.2, 0) is 6.42 Å². The molecule has 1 aromatic rings. The molecule has 2 rings (SSSR count). The van der Waals surface area contributed by atoms with Crippen LogP contribution in [0, 0.1) is 5.92 Å². The van der Waals surface area contributed by atoms with Gasteiger partial charge in [-0.05, 0) is 56.2 Å². The van der Waals surface area contributed by atoms with Crippen molar-refractivity contribution in [2.75, 3.05) is 6.54 Å². The summed E-state index contributed by atoms with van der Waals surface area (Å²) in [5.74, 6) is 0.680. The van der Waals surface area contributed by atoms with Crippen LogP contribution >= 0.6 is 0 Å². The van der Waals surface area contributed by atoms with Crippen molar-refractivity contribution in [3.63, 3.8) is 0 Å². The van der Waals surface area contributed by atoms with Gasteiger partial charge in [-0.1, -0.05) is 12.1 Å². The Balaban J connectivity index is 1.66. The van der Waals surface area contributed by atoms with E-state index in [1.807, 2.05) is 12.1 Å². The summed E-state index contributed by atoms with van der Waals surface area (Å²) in [6.45, 7) is -0.0427. The Morgan fingerprint density at radius 2 is 1.95 bits per heavy atom. The number of halogens is 2. The van der Waals surface area contributed by atoms with Gasteiger partial charge in [0.1, 0.15) is 5.75 Å². The quantitative estimate of drug-likeness (QED) is 0.736. The molecular weight excluding hydrogens is 276 g/mol. The lowest BCUT2D eigenvalue weighted by Gasteiger charge is -2.17. The van der Waals surface area contributed by atoms with Gasteiger partial charge in [0.05, 0.1) is 6.10 Å². The molecule has 3 nitrogen and oxygen atoms in total. The molecule has 1 aliphatic rings. The van der Waals surface area contributed by atoms with E-state index < -0.39 is 6.61 Å². The number of benzene rings is 1. The summed E-state index contributed by atoms with van der Waals surface area (Å²) >= 11 is 0. The lowest BCUT2D eigenvalue weighted by atomic mass is 10.1. The van der Waals surface area contributed by atoms with E-state index in [0.29, 0.717) is 18.5 Å². The fourth-order valence-electron chi connectivity index (χ4n) is 2.29. The molecule has 1 aliphatic carbocycles. The molecule has 0 aliphatic heterocycles. The molecule has 1 aromatic carbocycles. The minimum absolute atomic E-state index is 0.187. The molecule has 0 saturated heterocycles. The standard InChI is InChI=1S/C16H23F2NO2/c1-11(19-10-15(20)13-6-7-13)2-3-12-4-8-14(9-5-12)21-16(17)18/h4-5,8-9,11,13,15-16,19-20H,2-3,6-7,10H2,1H3. The number of rotatable bonds is 9. The van der Waals surface area contributed by atoms with Crippen molar-refractivity contribution in [2.45, 2.75) is 51.4 Å². The number of aliphatic hydroxyl groups excluding tert-OH is 1. The van der Waals surface area contributed by atoms with E-state index in [1.165, 1.54) is 0 Å². The highest BCUT2D eigenvalue weighted by Gasteiger charge is 2.29. The molecule has 2 atom stereocenters. The lowest BCUT2D eigenvalue weighted by Crippen LogP contribution is -2.34. The molecule has 5 heteroatoms. The van der Waals surface area contributed by atoms with Crippen LogP contribution in [0.2, 0.25) is 0 Å². The second-order valence-electron chi connectivity index (χ2n) is 5.78. The van der Waals surface area contributed by atoms with E-state index in [9.17, 15) is 13.9 Å². The first kappa shape index (κ1) is 16.2. The fourth-order valence-corrected chi connectivity index (χ4v) is 2.29. The van der Waals surface area contributed by atoms with Gasteiger partial charge in [0.15, 0.2) is 0 Å². The molecule has 118 valence electrons. The Bertz CT molecular complexity index is 421. The summed E-state index contributed by atoms with van der Waals surface area (Å²) < 4.78 is 28.4. The van der Waals surface area contributed by atoms with Gasteiger partial charge in [-0.25, -0.2) is 0 Å². The fraction of sp³-hybridized carbons (Fsp3) is 0.625. The van der Waals surface area contributed by atoms with Crippen LogP contribution in [0.1, 0.15) is 31.7 Å². The summed E-state index contributed by atoms with van der Waals surface area (Å²) in [7, 11) is 0. The van der Waals surface area contributed by atoms with Crippen LogP contribution in [0.5, 0.6) is 5.75 Å². The number of hydrogen-bond donors (Lipinski definition) is 2. The maximum Gasteiger partial charge on any atom is 0.387 e. The maximum atomic E-state index is 12.0. The first-order valence-electron chi connectivity index (χ1n) is 7.50. The van der Waals surface area contributed by atoms with Crippen molar-refractivity contribution in [3.05, 3.63) is 29.8 Å². The smallest absolute Gasteiger partial charge is 0.387 e. The molecule has 0 spiro atoms. The van der Waals surface area contributed by atoms with E-state index in [2.05, 4.69) is 17.0 Å². The van der Waals surface area contributed by atoms with Crippen LogP contribution in [-0.4, -0.2) is 30.4 Å². The predicted molar refractivity (Wildman–Crippen MR) is 77.6 cm³/mol.